The molecule has 0 spiro atoms. The average molecular weight is 360 g/mol. The second-order valence-electron chi connectivity index (χ2n) is 5.20. The quantitative estimate of drug-likeness (QED) is 0.540. The molecule has 1 heterocycles. The van der Waals surface area contributed by atoms with Gasteiger partial charge in [-0.15, -0.1) is 0 Å². The van der Waals surface area contributed by atoms with Gasteiger partial charge in [-0.25, -0.2) is 19.2 Å². The van der Waals surface area contributed by atoms with E-state index in [1.54, 1.807) is 0 Å². The van der Waals surface area contributed by atoms with Crippen LogP contribution in [0.2, 0.25) is 0 Å². The number of halogens is 2. The number of thiazole rings is 1. The van der Waals surface area contributed by atoms with Crippen molar-refractivity contribution in [1.29, 1.82) is 0 Å². The maximum atomic E-state index is 13.6. The summed E-state index contributed by atoms with van der Waals surface area (Å²) in [7, 11) is 0. The number of hydrogen-bond donors (Lipinski definition) is 2. The number of carbonyl (C=O) groups excluding carboxylic acids is 1. The summed E-state index contributed by atoms with van der Waals surface area (Å²) >= 11 is 1.43. The van der Waals surface area contributed by atoms with Gasteiger partial charge in [0.25, 0.3) is 5.91 Å². The lowest BCUT2D eigenvalue weighted by Gasteiger charge is -2.05. The molecule has 0 aliphatic carbocycles. The van der Waals surface area contributed by atoms with Crippen LogP contribution < -0.4 is 10.7 Å². The Bertz CT molecular complexity index is 922. The number of rotatable bonds is 5. The molecule has 1 aromatic heterocycles. The Hall–Kier alpha value is -2.87. The second-order valence-corrected chi connectivity index (χ2v) is 6.23. The van der Waals surface area contributed by atoms with Crippen LogP contribution in [0.5, 0.6) is 0 Å². The summed E-state index contributed by atoms with van der Waals surface area (Å²) in [5.41, 5.74) is 3.33. The summed E-state index contributed by atoms with van der Waals surface area (Å²) in [6.07, 6.45) is 0. The molecule has 0 saturated heterocycles. The number of carbonyl (C=O) groups is 1. The molecule has 0 atom stereocenters. The van der Waals surface area contributed by atoms with Crippen LogP contribution in [-0.2, 0) is 4.79 Å². The van der Waals surface area contributed by atoms with E-state index in [0.717, 1.165) is 28.4 Å². The van der Waals surface area contributed by atoms with Gasteiger partial charge in [-0.1, -0.05) is 23.5 Å². The van der Waals surface area contributed by atoms with E-state index in [2.05, 4.69) is 20.8 Å². The number of aromatic nitrogens is 1. The van der Waals surface area contributed by atoms with E-state index in [-0.39, 0.29) is 17.8 Å². The number of hydrogen-bond acceptors (Lipinski definition) is 5. The Balaban J connectivity index is 1.59. The van der Waals surface area contributed by atoms with Crippen LogP contribution in [0.4, 0.5) is 13.9 Å². The molecule has 3 aromatic rings. The van der Waals surface area contributed by atoms with Crippen molar-refractivity contribution in [3.05, 3.63) is 59.7 Å². The van der Waals surface area contributed by atoms with Gasteiger partial charge in [-0.05, 0) is 37.3 Å². The van der Waals surface area contributed by atoms with E-state index >= 15 is 0 Å². The van der Waals surface area contributed by atoms with Crippen LogP contribution in [0.1, 0.15) is 12.5 Å². The fourth-order valence-electron chi connectivity index (χ4n) is 2.12. The van der Waals surface area contributed by atoms with Crippen LogP contribution in [-0.4, -0.2) is 23.1 Å². The van der Waals surface area contributed by atoms with Gasteiger partial charge in [0, 0.05) is 5.56 Å². The van der Waals surface area contributed by atoms with E-state index in [4.69, 9.17) is 0 Å². The van der Waals surface area contributed by atoms with Crippen molar-refractivity contribution in [1.82, 2.24) is 10.4 Å². The van der Waals surface area contributed by atoms with E-state index in [1.807, 2.05) is 24.3 Å². The number of amides is 1. The van der Waals surface area contributed by atoms with E-state index in [1.165, 1.54) is 18.3 Å². The molecule has 0 aliphatic rings. The lowest BCUT2D eigenvalue weighted by Crippen LogP contribution is -2.26. The van der Waals surface area contributed by atoms with Gasteiger partial charge >= 0.3 is 0 Å². The van der Waals surface area contributed by atoms with Gasteiger partial charge in [0.2, 0.25) is 0 Å². The predicted octanol–water partition coefficient (Wildman–Crippen LogP) is 3.53. The van der Waals surface area contributed by atoms with Gasteiger partial charge in [0.1, 0.15) is 11.6 Å². The normalized spacial score (nSPS) is 11.6. The highest BCUT2D eigenvalue weighted by atomic mass is 32.1. The van der Waals surface area contributed by atoms with Crippen LogP contribution in [0.15, 0.2) is 47.6 Å². The first-order valence-electron chi connectivity index (χ1n) is 7.41. The summed E-state index contributed by atoms with van der Waals surface area (Å²) in [6.45, 7) is 1.45. The number of nitrogens with zero attached hydrogens (tertiary/aromatic N) is 2. The lowest BCUT2D eigenvalue weighted by molar-refractivity contribution is -0.119. The molecule has 128 valence electrons. The molecule has 3 rings (SSSR count). The van der Waals surface area contributed by atoms with Crippen molar-refractivity contribution in [2.24, 2.45) is 5.10 Å². The van der Waals surface area contributed by atoms with Crippen molar-refractivity contribution in [3.63, 3.8) is 0 Å². The van der Waals surface area contributed by atoms with Crippen LogP contribution in [0.3, 0.4) is 0 Å². The summed E-state index contributed by atoms with van der Waals surface area (Å²) in [6, 6.07) is 10.7. The molecule has 0 saturated carbocycles. The third-order valence-corrected chi connectivity index (χ3v) is 4.35. The predicted molar refractivity (Wildman–Crippen MR) is 94.8 cm³/mol. The minimum atomic E-state index is -0.607. The van der Waals surface area contributed by atoms with Gasteiger partial charge in [-0.2, -0.15) is 5.10 Å². The molecule has 5 nitrogen and oxygen atoms in total. The van der Waals surface area contributed by atoms with Crippen LogP contribution in [0, 0.1) is 11.6 Å². The van der Waals surface area contributed by atoms with Crippen LogP contribution >= 0.6 is 11.3 Å². The number of nitrogens with one attached hydrogen (secondary N) is 2. The Kier molecular flexibility index (Phi) is 4.99. The molecule has 1 amide bonds. The Morgan fingerprint density at radius 1 is 1.24 bits per heavy atom. The number of para-hydroxylation sites is 1. The molecule has 0 fully saturated rings. The molecule has 2 N–H and O–H groups in total. The fourth-order valence-corrected chi connectivity index (χ4v) is 2.99. The summed E-state index contributed by atoms with van der Waals surface area (Å²) < 4.78 is 27.8. The molecule has 0 aliphatic heterocycles. The van der Waals surface area contributed by atoms with E-state index in [0.29, 0.717) is 5.13 Å². The monoisotopic (exact) mass is 360 g/mol. The molecule has 2 aromatic carbocycles. The SMILES string of the molecule is C/C(=N/NC(=O)CNc1nc2ccccc2s1)c1cc(F)ccc1F. The number of benzene rings is 2. The molecule has 0 bridgehead atoms. The molecular weight excluding hydrogens is 346 g/mol. The highest BCUT2D eigenvalue weighted by Gasteiger charge is 2.09. The third-order valence-electron chi connectivity index (χ3n) is 3.36. The molecular formula is C17H14F2N4OS. The fraction of sp³-hybridized carbons (Fsp3) is 0.118. The van der Waals surface area contributed by atoms with E-state index in [9.17, 15) is 13.6 Å². The summed E-state index contributed by atoms with van der Waals surface area (Å²) in [5, 5.41) is 7.33. The number of hydrazone groups is 1. The third kappa shape index (κ3) is 4.16. The number of anilines is 1. The van der Waals surface area contributed by atoms with Crippen molar-refractivity contribution in [2.75, 3.05) is 11.9 Å². The van der Waals surface area contributed by atoms with Gasteiger partial charge in [0.05, 0.1) is 22.5 Å². The van der Waals surface area contributed by atoms with Crippen molar-refractivity contribution < 1.29 is 13.6 Å². The summed E-state index contributed by atoms with van der Waals surface area (Å²) in [5.74, 6) is -1.60. The van der Waals surface area contributed by atoms with Gasteiger partial charge in [-0.3, -0.25) is 4.79 Å². The van der Waals surface area contributed by atoms with Crippen molar-refractivity contribution in [2.45, 2.75) is 6.92 Å². The summed E-state index contributed by atoms with van der Waals surface area (Å²) in [4.78, 5) is 16.2. The van der Waals surface area contributed by atoms with Crippen molar-refractivity contribution >= 4 is 38.3 Å². The Morgan fingerprint density at radius 3 is 2.84 bits per heavy atom. The largest absolute Gasteiger partial charge is 0.352 e. The molecule has 25 heavy (non-hydrogen) atoms. The molecule has 0 radical (unpaired) electrons. The first-order valence-corrected chi connectivity index (χ1v) is 8.22. The topological polar surface area (TPSA) is 66.4 Å². The smallest absolute Gasteiger partial charge is 0.259 e. The second kappa shape index (κ2) is 7.35. The maximum absolute atomic E-state index is 13.6. The zero-order valence-corrected chi connectivity index (χ0v) is 14.0. The maximum Gasteiger partial charge on any atom is 0.259 e. The van der Waals surface area contributed by atoms with Gasteiger partial charge < -0.3 is 5.32 Å². The zero-order valence-electron chi connectivity index (χ0n) is 13.2. The van der Waals surface area contributed by atoms with Gasteiger partial charge in [0.15, 0.2) is 5.13 Å². The van der Waals surface area contributed by atoms with Crippen molar-refractivity contribution in [3.8, 4) is 0 Å². The molecule has 0 unspecified atom stereocenters. The number of fused-ring (bicyclic) bond motifs is 1. The van der Waals surface area contributed by atoms with E-state index < -0.39 is 17.5 Å². The Morgan fingerprint density at radius 2 is 2.04 bits per heavy atom. The highest BCUT2D eigenvalue weighted by molar-refractivity contribution is 7.22. The highest BCUT2D eigenvalue weighted by Crippen LogP contribution is 2.24. The van der Waals surface area contributed by atoms with Crippen LogP contribution in [0.25, 0.3) is 10.2 Å². The Labute approximate surface area is 146 Å². The average Bonchev–Trinajstić information content (AvgIpc) is 3.03. The molecule has 8 heteroatoms. The lowest BCUT2D eigenvalue weighted by atomic mass is 10.1. The zero-order chi connectivity index (χ0) is 17.8. The minimum absolute atomic E-state index is 0.000526. The standard InChI is InChI=1S/C17H14F2N4OS/c1-10(12-8-11(18)6-7-13(12)19)22-23-16(24)9-20-17-21-14-4-2-3-5-15(14)25-17/h2-8H,9H2,1H3,(H,20,21)(H,23,24)/b22-10-. The minimum Gasteiger partial charge on any atom is -0.352 e. The first kappa shape index (κ1) is 17.0. The first-order chi connectivity index (χ1) is 12.0.